The number of hydrogen-bond acceptors (Lipinski definition) is 5. The number of anilines is 1. The SMILES string of the molecule is CC(=O)Oc1ccc(N2C(=O)CC(N(C(=O)C3CC3)C(C)(C)C)C2=O)cc1. The highest BCUT2D eigenvalue weighted by atomic mass is 16.5. The third-order valence-corrected chi connectivity index (χ3v) is 4.68. The van der Waals surface area contributed by atoms with Crippen LogP contribution in [0.25, 0.3) is 0 Å². The van der Waals surface area contributed by atoms with E-state index in [9.17, 15) is 19.2 Å². The largest absolute Gasteiger partial charge is 0.427 e. The summed E-state index contributed by atoms with van der Waals surface area (Å²) in [6.45, 7) is 6.93. The van der Waals surface area contributed by atoms with E-state index in [-0.39, 0.29) is 24.2 Å². The number of carbonyl (C=O) groups excluding carboxylic acids is 4. The summed E-state index contributed by atoms with van der Waals surface area (Å²) in [5.74, 6) is -0.949. The van der Waals surface area contributed by atoms with Crippen molar-refractivity contribution >= 4 is 29.4 Å². The van der Waals surface area contributed by atoms with E-state index in [4.69, 9.17) is 4.74 Å². The zero-order chi connectivity index (χ0) is 19.9. The normalized spacial score (nSPS) is 20.0. The quantitative estimate of drug-likeness (QED) is 0.460. The van der Waals surface area contributed by atoms with E-state index in [1.54, 1.807) is 17.0 Å². The Morgan fingerprint density at radius 3 is 2.19 bits per heavy atom. The van der Waals surface area contributed by atoms with Crippen LogP contribution in [-0.2, 0) is 19.2 Å². The minimum atomic E-state index is -0.793. The molecule has 0 aromatic heterocycles. The smallest absolute Gasteiger partial charge is 0.308 e. The maximum atomic E-state index is 13.0. The van der Waals surface area contributed by atoms with Crippen molar-refractivity contribution in [3.63, 3.8) is 0 Å². The van der Waals surface area contributed by atoms with E-state index in [2.05, 4.69) is 0 Å². The molecule has 3 rings (SSSR count). The fraction of sp³-hybridized carbons (Fsp3) is 0.500. The van der Waals surface area contributed by atoms with Crippen LogP contribution in [0.3, 0.4) is 0 Å². The van der Waals surface area contributed by atoms with E-state index in [0.29, 0.717) is 11.4 Å². The Labute approximate surface area is 158 Å². The van der Waals surface area contributed by atoms with Gasteiger partial charge in [0.2, 0.25) is 11.8 Å². The number of rotatable bonds is 4. The minimum Gasteiger partial charge on any atom is -0.427 e. The molecule has 0 radical (unpaired) electrons. The van der Waals surface area contributed by atoms with Crippen LogP contribution in [0, 0.1) is 5.92 Å². The van der Waals surface area contributed by atoms with Crippen molar-refractivity contribution in [2.75, 3.05) is 4.90 Å². The molecule has 7 heteroatoms. The molecule has 1 unspecified atom stereocenters. The second-order valence-corrected chi connectivity index (χ2v) is 8.03. The van der Waals surface area contributed by atoms with Gasteiger partial charge in [0.05, 0.1) is 12.1 Å². The van der Waals surface area contributed by atoms with Gasteiger partial charge in [-0.2, -0.15) is 0 Å². The Morgan fingerprint density at radius 2 is 1.70 bits per heavy atom. The number of carbonyl (C=O) groups is 4. The molecule has 0 spiro atoms. The van der Waals surface area contributed by atoms with Gasteiger partial charge in [-0.15, -0.1) is 0 Å². The summed E-state index contributed by atoms with van der Waals surface area (Å²) in [5.41, 5.74) is -0.161. The van der Waals surface area contributed by atoms with Crippen LogP contribution in [0.4, 0.5) is 5.69 Å². The number of nitrogens with zero attached hydrogens (tertiary/aromatic N) is 2. The summed E-state index contributed by atoms with van der Waals surface area (Å²) in [5, 5.41) is 0. The van der Waals surface area contributed by atoms with Gasteiger partial charge >= 0.3 is 5.97 Å². The molecular formula is C20H24N2O5. The highest BCUT2D eigenvalue weighted by Gasteiger charge is 2.49. The van der Waals surface area contributed by atoms with Gasteiger partial charge in [-0.05, 0) is 57.9 Å². The van der Waals surface area contributed by atoms with Gasteiger partial charge in [0.1, 0.15) is 11.8 Å². The lowest BCUT2D eigenvalue weighted by Gasteiger charge is -2.39. The zero-order valence-corrected chi connectivity index (χ0v) is 16.0. The van der Waals surface area contributed by atoms with Crippen LogP contribution in [-0.4, -0.2) is 40.2 Å². The molecule has 2 aliphatic rings. The highest BCUT2D eigenvalue weighted by molar-refractivity contribution is 6.23. The van der Waals surface area contributed by atoms with Crippen molar-refractivity contribution in [2.24, 2.45) is 5.92 Å². The third-order valence-electron chi connectivity index (χ3n) is 4.68. The average Bonchev–Trinajstić information content (AvgIpc) is 3.35. The summed E-state index contributed by atoms with van der Waals surface area (Å²) < 4.78 is 4.97. The Balaban J connectivity index is 1.85. The van der Waals surface area contributed by atoms with Crippen molar-refractivity contribution in [1.82, 2.24) is 4.90 Å². The van der Waals surface area contributed by atoms with Gasteiger partial charge < -0.3 is 9.64 Å². The lowest BCUT2D eigenvalue weighted by Crippen LogP contribution is -2.55. The first-order valence-corrected chi connectivity index (χ1v) is 9.08. The van der Waals surface area contributed by atoms with Crippen molar-refractivity contribution in [2.45, 2.75) is 58.5 Å². The second kappa shape index (κ2) is 6.79. The van der Waals surface area contributed by atoms with Gasteiger partial charge in [0.15, 0.2) is 0 Å². The molecule has 0 bridgehead atoms. The van der Waals surface area contributed by atoms with E-state index in [0.717, 1.165) is 17.7 Å². The number of imide groups is 1. The lowest BCUT2D eigenvalue weighted by atomic mass is 10.0. The third kappa shape index (κ3) is 3.86. The summed E-state index contributed by atoms with van der Waals surface area (Å²) in [4.78, 5) is 52.1. The van der Waals surface area contributed by atoms with Crippen LogP contribution in [0.1, 0.15) is 47.0 Å². The van der Waals surface area contributed by atoms with E-state index >= 15 is 0 Å². The van der Waals surface area contributed by atoms with Crippen LogP contribution >= 0.6 is 0 Å². The van der Waals surface area contributed by atoms with Crippen molar-refractivity contribution < 1.29 is 23.9 Å². The maximum Gasteiger partial charge on any atom is 0.308 e. The van der Waals surface area contributed by atoms with E-state index in [1.807, 2.05) is 20.8 Å². The van der Waals surface area contributed by atoms with Gasteiger partial charge in [-0.3, -0.25) is 19.2 Å². The summed E-state index contributed by atoms with van der Waals surface area (Å²) in [6, 6.07) is 5.38. The maximum absolute atomic E-state index is 13.0. The molecule has 0 N–H and O–H groups in total. The Morgan fingerprint density at radius 1 is 1.11 bits per heavy atom. The fourth-order valence-electron chi connectivity index (χ4n) is 3.40. The topological polar surface area (TPSA) is 84.0 Å². The van der Waals surface area contributed by atoms with Crippen LogP contribution in [0.15, 0.2) is 24.3 Å². The molecular weight excluding hydrogens is 348 g/mol. The van der Waals surface area contributed by atoms with E-state index < -0.39 is 23.5 Å². The van der Waals surface area contributed by atoms with Crippen molar-refractivity contribution in [1.29, 1.82) is 0 Å². The Hall–Kier alpha value is -2.70. The number of amides is 3. The Kier molecular flexibility index (Phi) is 4.80. The monoisotopic (exact) mass is 372 g/mol. The van der Waals surface area contributed by atoms with Gasteiger partial charge in [0, 0.05) is 18.4 Å². The molecule has 2 fully saturated rings. The zero-order valence-electron chi connectivity index (χ0n) is 16.0. The van der Waals surface area contributed by atoms with Crippen molar-refractivity contribution in [3.8, 4) is 5.75 Å². The minimum absolute atomic E-state index is 0.0275. The number of hydrogen-bond donors (Lipinski definition) is 0. The van der Waals surface area contributed by atoms with Gasteiger partial charge in [-0.1, -0.05) is 0 Å². The fourth-order valence-corrected chi connectivity index (χ4v) is 3.40. The molecule has 1 atom stereocenters. The molecule has 27 heavy (non-hydrogen) atoms. The van der Waals surface area contributed by atoms with Gasteiger partial charge in [-0.25, -0.2) is 4.90 Å². The number of esters is 1. The van der Waals surface area contributed by atoms with Crippen LogP contribution in [0.5, 0.6) is 5.75 Å². The summed E-state index contributed by atoms with van der Waals surface area (Å²) >= 11 is 0. The predicted octanol–water partition coefficient (Wildman–Crippen LogP) is 2.28. The number of ether oxygens (including phenoxy) is 1. The first-order chi connectivity index (χ1) is 12.6. The molecule has 1 saturated carbocycles. The molecule has 144 valence electrons. The molecule has 1 saturated heterocycles. The van der Waals surface area contributed by atoms with Crippen LogP contribution in [0.2, 0.25) is 0 Å². The molecule has 1 aromatic carbocycles. The molecule has 7 nitrogen and oxygen atoms in total. The first kappa shape index (κ1) is 19.1. The summed E-state index contributed by atoms with van der Waals surface area (Å²) in [7, 11) is 0. The number of benzene rings is 1. The standard InChI is InChI=1S/C20H24N2O5/c1-12(23)27-15-9-7-14(8-10-15)21-17(24)11-16(19(21)26)22(20(2,3)4)18(25)13-5-6-13/h7-10,13,16H,5-6,11H2,1-4H3. The summed E-state index contributed by atoms with van der Waals surface area (Å²) in [6.07, 6.45) is 1.64. The van der Waals surface area contributed by atoms with E-state index in [1.165, 1.54) is 19.1 Å². The molecule has 1 aromatic rings. The molecule has 1 heterocycles. The molecule has 1 aliphatic heterocycles. The van der Waals surface area contributed by atoms with Gasteiger partial charge in [0.25, 0.3) is 5.91 Å². The molecule has 1 aliphatic carbocycles. The predicted molar refractivity (Wildman–Crippen MR) is 98.0 cm³/mol. The lowest BCUT2D eigenvalue weighted by molar-refractivity contribution is -0.145. The first-order valence-electron chi connectivity index (χ1n) is 9.08. The highest BCUT2D eigenvalue weighted by Crippen LogP contribution is 2.37. The average molecular weight is 372 g/mol. The Bertz CT molecular complexity index is 790. The molecule has 3 amide bonds. The van der Waals surface area contributed by atoms with Crippen LogP contribution < -0.4 is 9.64 Å². The second-order valence-electron chi connectivity index (χ2n) is 8.03. The van der Waals surface area contributed by atoms with Crippen molar-refractivity contribution in [3.05, 3.63) is 24.3 Å².